The standard InChI is InChI=1S/C14H16N2OS/c1-2-11(15)14(17)16-12-7-4-3-6-10(12)13-8-5-9-18-13/h3-9,11H,2,15H2,1H3,(H,16,17)/t11-/m0/s1. The Kier molecular flexibility index (Phi) is 4.12. The largest absolute Gasteiger partial charge is 0.324 e. The number of hydrogen-bond acceptors (Lipinski definition) is 3. The Morgan fingerprint density at radius 2 is 2.11 bits per heavy atom. The van der Waals surface area contributed by atoms with Crippen molar-refractivity contribution in [2.24, 2.45) is 5.73 Å². The summed E-state index contributed by atoms with van der Waals surface area (Å²) in [6, 6.07) is 11.3. The third-order valence-electron chi connectivity index (χ3n) is 2.75. The van der Waals surface area contributed by atoms with Gasteiger partial charge in [0.05, 0.1) is 6.04 Å². The molecule has 1 aromatic heterocycles. The summed E-state index contributed by atoms with van der Waals surface area (Å²) in [7, 11) is 0. The van der Waals surface area contributed by atoms with E-state index in [-0.39, 0.29) is 5.91 Å². The number of anilines is 1. The molecule has 0 aliphatic carbocycles. The zero-order chi connectivity index (χ0) is 13.0. The summed E-state index contributed by atoms with van der Waals surface area (Å²) < 4.78 is 0. The van der Waals surface area contributed by atoms with E-state index in [9.17, 15) is 4.79 Å². The molecule has 1 heterocycles. The molecule has 0 aliphatic heterocycles. The summed E-state index contributed by atoms with van der Waals surface area (Å²) in [5.41, 5.74) is 7.57. The molecule has 2 rings (SSSR count). The lowest BCUT2D eigenvalue weighted by atomic mass is 10.1. The molecule has 0 aliphatic rings. The van der Waals surface area contributed by atoms with Crippen LogP contribution >= 0.6 is 11.3 Å². The molecule has 1 aromatic carbocycles. The first-order valence-corrected chi connectivity index (χ1v) is 6.79. The third kappa shape index (κ3) is 2.78. The molecule has 0 saturated heterocycles. The Hall–Kier alpha value is -1.65. The van der Waals surface area contributed by atoms with Gasteiger partial charge in [-0.1, -0.05) is 31.2 Å². The number of thiophene rings is 1. The zero-order valence-electron chi connectivity index (χ0n) is 10.2. The first-order chi connectivity index (χ1) is 8.72. The third-order valence-corrected chi connectivity index (χ3v) is 3.65. The number of nitrogens with one attached hydrogen (secondary N) is 1. The lowest BCUT2D eigenvalue weighted by Crippen LogP contribution is -2.34. The number of carbonyl (C=O) groups is 1. The van der Waals surface area contributed by atoms with E-state index in [1.165, 1.54) is 0 Å². The topological polar surface area (TPSA) is 55.1 Å². The van der Waals surface area contributed by atoms with Crippen molar-refractivity contribution < 1.29 is 4.79 Å². The van der Waals surface area contributed by atoms with Gasteiger partial charge in [0.1, 0.15) is 0 Å². The van der Waals surface area contributed by atoms with E-state index in [0.29, 0.717) is 6.42 Å². The van der Waals surface area contributed by atoms with Crippen LogP contribution in [0.15, 0.2) is 41.8 Å². The SMILES string of the molecule is CC[C@H](N)C(=O)Nc1ccccc1-c1cccs1. The molecule has 0 fully saturated rings. The minimum absolute atomic E-state index is 0.137. The molecule has 0 radical (unpaired) electrons. The Labute approximate surface area is 111 Å². The molecule has 1 atom stereocenters. The van der Waals surface area contributed by atoms with Crippen molar-refractivity contribution in [2.45, 2.75) is 19.4 Å². The van der Waals surface area contributed by atoms with Crippen LogP contribution < -0.4 is 11.1 Å². The molecule has 0 bridgehead atoms. The van der Waals surface area contributed by atoms with Crippen molar-refractivity contribution in [1.29, 1.82) is 0 Å². The second-order valence-corrected chi connectivity index (χ2v) is 4.97. The van der Waals surface area contributed by atoms with E-state index >= 15 is 0 Å². The van der Waals surface area contributed by atoms with Crippen molar-refractivity contribution >= 4 is 22.9 Å². The van der Waals surface area contributed by atoms with Crippen molar-refractivity contribution in [3.8, 4) is 10.4 Å². The quantitative estimate of drug-likeness (QED) is 0.887. The maximum absolute atomic E-state index is 11.8. The number of benzene rings is 1. The van der Waals surface area contributed by atoms with Crippen LogP contribution in [0.5, 0.6) is 0 Å². The molecular formula is C14H16N2OS. The predicted molar refractivity (Wildman–Crippen MR) is 76.7 cm³/mol. The number of amides is 1. The summed E-state index contributed by atoms with van der Waals surface area (Å²) >= 11 is 1.65. The normalized spacial score (nSPS) is 12.1. The highest BCUT2D eigenvalue weighted by atomic mass is 32.1. The fourth-order valence-corrected chi connectivity index (χ4v) is 2.42. The minimum atomic E-state index is -0.457. The fraction of sp³-hybridized carbons (Fsp3) is 0.214. The number of carbonyl (C=O) groups excluding carboxylic acids is 1. The zero-order valence-corrected chi connectivity index (χ0v) is 11.0. The van der Waals surface area contributed by atoms with Gasteiger partial charge in [-0.3, -0.25) is 4.79 Å². The average molecular weight is 260 g/mol. The highest BCUT2D eigenvalue weighted by molar-refractivity contribution is 7.13. The number of para-hydroxylation sites is 1. The summed E-state index contributed by atoms with van der Waals surface area (Å²) in [5.74, 6) is -0.137. The summed E-state index contributed by atoms with van der Waals surface area (Å²) in [6.45, 7) is 1.90. The van der Waals surface area contributed by atoms with Crippen LogP contribution in [-0.4, -0.2) is 11.9 Å². The Morgan fingerprint density at radius 3 is 2.78 bits per heavy atom. The van der Waals surface area contributed by atoms with Gasteiger partial charge in [-0.25, -0.2) is 0 Å². The average Bonchev–Trinajstić information content (AvgIpc) is 2.92. The maximum Gasteiger partial charge on any atom is 0.241 e. The predicted octanol–water partition coefficient (Wildman–Crippen LogP) is 3.09. The molecule has 94 valence electrons. The fourth-order valence-electron chi connectivity index (χ4n) is 1.65. The molecule has 0 saturated carbocycles. The second-order valence-electron chi connectivity index (χ2n) is 4.03. The molecule has 4 heteroatoms. The first-order valence-electron chi connectivity index (χ1n) is 5.91. The van der Waals surface area contributed by atoms with Crippen LogP contribution in [0.2, 0.25) is 0 Å². The molecular weight excluding hydrogens is 244 g/mol. The van der Waals surface area contributed by atoms with Crippen molar-refractivity contribution in [2.75, 3.05) is 5.32 Å². The summed E-state index contributed by atoms with van der Waals surface area (Å²) in [6.07, 6.45) is 0.632. The van der Waals surface area contributed by atoms with Crippen LogP contribution in [0.3, 0.4) is 0 Å². The Bertz CT molecular complexity index is 522. The van der Waals surface area contributed by atoms with E-state index in [0.717, 1.165) is 16.1 Å². The van der Waals surface area contributed by atoms with E-state index < -0.39 is 6.04 Å². The van der Waals surface area contributed by atoms with E-state index in [2.05, 4.69) is 5.32 Å². The van der Waals surface area contributed by atoms with Crippen molar-refractivity contribution in [3.05, 3.63) is 41.8 Å². The van der Waals surface area contributed by atoms with Gasteiger partial charge >= 0.3 is 0 Å². The lowest BCUT2D eigenvalue weighted by molar-refractivity contribution is -0.117. The van der Waals surface area contributed by atoms with Gasteiger partial charge in [-0.2, -0.15) is 0 Å². The van der Waals surface area contributed by atoms with Gasteiger partial charge in [0, 0.05) is 16.1 Å². The molecule has 1 amide bonds. The smallest absolute Gasteiger partial charge is 0.241 e. The summed E-state index contributed by atoms with van der Waals surface area (Å²) in [4.78, 5) is 13.0. The Morgan fingerprint density at radius 1 is 1.33 bits per heavy atom. The summed E-state index contributed by atoms with van der Waals surface area (Å²) in [5, 5.41) is 4.91. The lowest BCUT2D eigenvalue weighted by Gasteiger charge is -2.13. The van der Waals surface area contributed by atoms with Gasteiger partial charge in [-0.15, -0.1) is 11.3 Å². The minimum Gasteiger partial charge on any atom is -0.324 e. The monoisotopic (exact) mass is 260 g/mol. The number of rotatable bonds is 4. The van der Waals surface area contributed by atoms with Crippen LogP contribution in [0.4, 0.5) is 5.69 Å². The van der Waals surface area contributed by atoms with E-state index in [1.54, 1.807) is 11.3 Å². The van der Waals surface area contributed by atoms with Gasteiger partial charge < -0.3 is 11.1 Å². The van der Waals surface area contributed by atoms with Gasteiger partial charge in [-0.05, 0) is 23.9 Å². The highest BCUT2D eigenvalue weighted by Crippen LogP contribution is 2.31. The number of hydrogen-bond donors (Lipinski definition) is 2. The van der Waals surface area contributed by atoms with Crippen LogP contribution in [-0.2, 0) is 4.79 Å². The molecule has 3 nitrogen and oxygen atoms in total. The first kappa shape index (κ1) is 12.8. The molecule has 0 unspecified atom stereocenters. The van der Waals surface area contributed by atoms with Gasteiger partial charge in [0.2, 0.25) is 5.91 Å². The number of nitrogens with two attached hydrogens (primary N) is 1. The molecule has 0 spiro atoms. The molecule has 2 aromatic rings. The second kappa shape index (κ2) is 5.80. The maximum atomic E-state index is 11.8. The van der Waals surface area contributed by atoms with Crippen molar-refractivity contribution in [1.82, 2.24) is 0 Å². The Balaban J connectivity index is 2.26. The van der Waals surface area contributed by atoms with Gasteiger partial charge in [0.25, 0.3) is 0 Å². The van der Waals surface area contributed by atoms with Crippen LogP contribution in [0.1, 0.15) is 13.3 Å². The van der Waals surface area contributed by atoms with Gasteiger partial charge in [0.15, 0.2) is 0 Å². The van der Waals surface area contributed by atoms with E-state index in [1.807, 2.05) is 48.7 Å². The van der Waals surface area contributed by atoms with Crippen LogP contribution in [0, 0.1) is 0 Å². The molecule has 18 heavy (non-hydrogen) atoms. The highest BCUT2D eigenvalue weighted by Gasteiger charge is 2.13. The van der Waals surface area contributed by atoms with Crippen molar-refractivity contribution in [3.63, 3.8) is 0 Å². The molecule has 3 N–H and O–H groups in total. The van der Waals surface area contributed by atoms with E-state index in [4.69, 9.17) is 5.73 Å². The van der Waals surface area contributed by atoms with Crippen LogP contribution in [0.25, 0.3) is 10.4 Å².